The largest absolute Gasteiger partial charge is 0.385 e. The first-order valence-corrected chi connectivity index (χ1v) is 5.20. The highest BCUT2D eigenvalue weighted by atomic mass is 16.3. The van der Waals surface area contributed by atoms with E-state index in [1.54, 1.807) is 19.1 Å². The Hall–Kier alpha value is -1.15. The maximum atomic E-state index is 11.6. The Morgan fingerprint density at radius 2 is 2.27 bits per heavy atom. The first-order valence-electron chi connectivity index (χ1n) is 5.20. The average Bonchev–Trinajstić information content (AvgIpc) is 2.15. The van der Waals surface area contributed by atoms with Gasteiger partial charge in [0.25, 0.3) is 0 Å². The van der Waals surface area contributed by atoms with E-state index in [2.05, 4.69) is 6.58 Å². The quantitative estimate of drug-likeness (QED) is 0.770. The SMILES string of the molecule is C=C(C)C1=CC(C)(O)C(C(=O)CC)C=C1. The lowest BCUT2D eigenvalue weighted by Gasteiger charge is -2.30. The van der Waals surface area contributed by atoms with E-state index in [-0.39, 0.29) is 5.78 Å². The number of hydrogen-bond acceptors (Lipinski definition) is 2. The molecule has 0 fully saturated rings. The Balaban J connectivity index is 3.00. The molecule has 1 aliphatic rings. The summed E-state index contributed by atoms with van der Waals surface area (Å²) in [6.07, 6.45) is 5.79. The summed E-state index contributed by atoms with van der Waals surface area (Å²) in [5.41, 5.74) is 0.713. The molecule has 2 nitrogen and oxygen atoms in total. The molecule has 0 saturated carbocycles. The molecule has 0 heterocycles. The predicted octanol–water partition coefficient (Wildman–Crippen LogP) is 2.41. The number of hydrogen-bond donors (Lipinski definition) is 1. The van der Waals surface area contributed by atoms with Gasteiger partial charge in [-0.05, 0) is 25.5 Å². The number of aliphatic hydroxyl groups is 1. The van der Waals surface area contributed by atoms with Gasteiger partial charge in [-0.1, -0.05) is 31.2 Å². The smallest absolute Gasteiger partial charge is 0.142 e. The molecule has 15 heavy (non-hydrogen) atoms. The number of carbonyl (C=O) groups is 1. The Kier molecular flexibility index (Phi) is 3.30. The monoisotopic (exact) mass is 206 g/mol. The van der Waals surface area contributed by atoms with Crippen molar-refractivity contribution in [2.45, 2.75) is 32.8 Å². The minimum Gasteiger partial charge on any atom is -0.385 e. The van der Waals surface area contributed by atoms with Crippen molar-refractivity contribution in [2.24, 2.45) is 5.92 Å². The van der Waals surface area contributed by atoms with Gasteiger partial charge in [-0.25, -0.2) is 0 Å². The van der Waals surface area contributed by atoms with Crippen molar-refractivity contribution in [3.8, 4) is 0 Å². The van der Waals surface area contributed by atoms with Crippen LogP contribution in [0.4, 0.5) is 0 Å². The van der Waals surface area contributed by atoms with Gasteiger partial charge >= 0.3 is 0 Å². The zero-order valence-corrected chi connectivity index (χ0v) is 9.58. The van der Waals surface area contributed by atoms with Gasteiger partial charge in [0, 0.05) is 6.42 Å². The van der Waals surface area contributed by atoms with Crippen molar-refractivity contribution < 1.29 is 9.90 Å². The zero-order valence-electron chi connectivity index (χ0n) is 9.58. The van der Waals surface area contributed by atoms with Crippen molar-refractivity contribution in [1.82, 2.24) is 0 Å². The number of carbonyl (C=O) groups excluding carboxylic acids is 1. The van der Waals surface area contributed by atoms with Crippen LogP contribution in [0, 0.1) is 5.92 Å². The fraction of sp³-hybridized carbons (Fsp3) is 0.462. The van der Waals surface area contributed by atoms with Gasteiger partial charge < -0.3 is 5.11 Å². The maximum absolute atomic E-state index is 11.6. The van der Waals surface area contributed by atoms with E-state index in [9.17, 15) is 9.90 Å². The maximum Gasteiger partial charge on any atom is 0.142 e. The highest BCUT2D eigenvalue weighted by Crippen LogP contribution is 2.30. The third kappa shape index (κ3) is 2.45. The Bertz CT molecular complexity index is 346. The second-order valence-electron chi connectivity index (χ2n) is 4.26. The minimum atomic E-state index is -1.09. The lowest BCUT2D eigenvalue weighted by Crippen LogP contribution is -2.38. The summed E-state index contributed by atoms with van der Waals surface area (Å²) >= 11 is 0. The van der Waals surface area contributed by atoms with E-state index in [4.69, 9.17) is 0 Å². The number of rotatable bonds is 3. The third-order valence-corrected chi connectivity index (χ3v) is 2.73. The summed E-state index contributed by atoms with van der Waals surface area (Å²) in [6, 6.07) is 0. The molecule has 0 aromatic carbocycles. The minimum absolute atomic E-state index is 0.0632. The van der Waals surface area contributed by atoms with Gasteiger partial charge in [0.2, 0.25) is 0 Å². The Morgan fingerprint density at radius 3 is 2.67 bits per heavy atom. The van der Waals surface area contributed by atoms with Crippen LogP contribution in [0.2, 0.25) is 0 Å². The molecule has 0 aromatic heterocycles. The lowest BCUT2D eigenvalue weighted by molar-refractivity contribution is -0.126. The average molecular weight is 206 g/mol. The normalized spacial score (nSPS) is 29.9. The molecule has 0 radical (unpaired) electrons. The predicted molar refractivity (Wildman–Crippen MR) is 61.4 cm³/mol. The van der Waals surface area contributed by atoms with Crippen LogP contribution in [-0.2, 0) is 4.79 Å². The van der Waals surface area contributed by atoms with E-state index in [0.717, 1.165) is 11.1 Å². The molecule has 0 saturated heterocycles. The summed E-state index contributed by atoms with van der Waals surface area (Å²) in [6.45, 7) is 9.18. The van der Waals surface area contributed by atoms with Crippen LogP contribution in [0.25, 0.3) is 0 Å². The van der Waals surface area contributed by atoms with Gasteiger partial charge in [-0.2, -0.15) is 0 Å². The fourth-order valence-corrected chi connectivity index (χ4v) is 1.77. The third-order valence-electron chi connectivity index (χ3n) is 2.73. The van der Waals surface area contributed by atoms with Crippen LogP contribution >= 0.6 is 0 Å². The Labute approximate surface area is 91.0 Å². The van der Waals surface area contributed by atoms with E-state index >= 15 is 0 Å². The molecule has 0 aliphatic heterocycles. The summed E-state index contributed by atoms with van der Waals surface area (Å²) < 4.78 is 0. The molecule has 0 bridgehead atoms. The number of Topliss-reactive ketones (excluding diaryl/α,β-unsaturated/α-hetero) is 1. The zero-order chi connectivity index (χ0) is 11.6. The van der Waals surface area contributed by atoms with Gasteiger partial charge in [0.05, 0.1) is 11.5 Å². The van der Waals surface area contributed by atoms with Crippen molar-refractivity contribution in [1.29, 1.82) is 0 Å². The van der Waals surface area contributed by atoms with Gasteiger partial charge in [0.15, 0.2) is 0 Å². The molecule has 2 atom stereocenters. The van der Waals surface area contributed by atoms with E-state index < -0.39 is 11.5 Å². The number of allylic oxidation sites excluding steroid dienone is 3. The van der Waals surface area contributed by atoms with E-state index in [1.807, 2.05) is 19.9 Å². The molecule has 0 amide bonds. The fourth-order valence-electron chi connectivity index (χ4n) is 1.77. The Morgan fingerprint density at radius 1 is 1.67 bits per heavy atom. The molecule has 1 rings (SSSR count). The van der Waals surface area contributed by atoms with Crippen molar-refractivity contribution in [2.75, 3.05) is 0 Å². The molecule has 82 valence electrons. The summed E-state index contributed by atoms with van der Waals surface area (Å²) in [5.74, 6) is -0.362. The summed E-state index contributed by atoms with van der Waals surface area (Å²) in [5, 5.41) is 10.2. The van der Waals surface area contributed by atoms with Crippen LogP contribution in [0.1, 0.15) is 27.2 Å². The molecule has 0 aromatic rings. The molecule has 2 heteroatoms. The van der Waals surface area contributed by atoms with Gasteiger partial charge in [-0.15, -0.1) is 0 Å². The molecular formula is C13H18O2. The molecular weight excluding hydrogens is 188 g/mol. The standard InChI is InChI=1S/C13H18O2/c1-5-12(14)11-7-6-10(9(2)3)8-13(11,4)15/h6-8,11,15H,2,5H2,1,3-4H3. The van der Waals surface area contributed by atoms with Crippen LogP contribution < -0.4 is 0 Å². The first kappa shape index (κ1) is 11.9. The van der Waals surface area contributed by atoms with Gasteiger partial charge in [0.1, 0.15) is 5.78 Å². The summed E-state index contributed by atoms with van der Waals surface area (Å²) in [7, 11) is 0. The number of ketones is 1. The van der Waals surface area contributed by atoms with Crippen LogP contribution in [0.5, 0.6) is 0 Å². The molecule has 1 N–H and O–H groups in total. The van der Waals surface area contributed by atoms with Crippen molar-refractivity contribution in [3.05, 3.63) is 36.0 Å². The van der Waals surface area contributed by atoms with E-state index in [1.165, 1.54) is 0 Å². The van der Waals surface area contributed by atoms with Crippen LogP contribution in [0.3, 0.4) is 0 Å². The van der Waals surface area contributed by atoms with Crippen LogP contribution in [-0.4, -0.2) is 16.5 Å². The second kappa shape index (κ2) is 4.15. The highest BCUT2D eigenvalue weighted by Gasteiger charge is 2.34. The topological polar surface area (TPSA) is 37.3 Å². The second-order valence-corrected chi connectivity index (χ2v) is 4.26. The molecule has 0 spiro atoms. The highest BCUT2D eigenvalue weighted by molar-refractivity contribution is 5.84. The van der Waals surface area contributed by atoms with Crippen LogP contribution in [0.15, 0.2) is 36.0 Å². The molecule has 1 aliphatic carbocycles. The van der Waals surface area contributed by atoms with E-state index in [0.29, 0.717) is 6.42 Å². The summed E-state index contributed by atoms with van der Waals surface area (Å²) in [4.78, 5) is 11.6. The lowest BCUT2D eigenvalue weighted by atomic mass is 9.79. The molecule has 2 unspecified atom stereocenters. The van der Waals surface area contributed by atoms with Crippen molar-refractivity contribution >= 4 is 5.78 Å². The first-order chi connectivity index (χ1) is 6.88. The van der Waals surface area contributed by atoms with Crippen molar-refractivity contribution in [3.63, 3.8) is 0 Å². The van der Waals surface area contributed by atoms with Gasteiger partial charge in [-0.3, -0.25) is 4.79 Å².